The van der Waals surface area contributed by atoms with Gasteiger partial charge in [-0.2, -0.15) is 8.42 Å². The summed E-state index contributed by atoms with van der Waals surface area (Å²) >= 11 is 0. The summed E-state index contributed by atoms with van der Waals surface area (Å²) in [4.78, 5) is 27.1. The average molecular weight is 737 g/mol. The standard InChI is InChI=1S/C39H49FN4O7S/c1-37(2,3)30-22-25(23-31(34(30)45)38(4,5)6)33-32(24-10-12-26(40)13-11-24)35(41-52(49,50)29-16-14-28(15-17-29)44(47)48)43(33)27-18-20-42(21-19-27)36(46)51-39(7,8)9/h10-17,22-23,27,32-33,45H,18-21H2,1-9H3. The number of amides is 1. The number of phenolic OH excluding ortho intramolecular Hbond substituents is 1. The second-order valence-corrected chi connectivity index (χ2v) is 18.3. The summed E-state index contributed by atoms with van der Waals surface area (Å²) in [5.41, 5.74) is 1.13. The molecule has 11 nitrogen and oxygen atoms in total. The first kappa shape index (κ1) is 38.7. The van der Waals surface area contributed by atoms with Crippen LogP contribution >= 0.6 is 0 Å². The number of carbonyl (C=O) groups is 1. The molecule has 2 heterocycles. The molecule has 2 saturated heterocycles. The molecular formula is C39H49FN4O7S. The molecular weight excluding hydrogens is 688 g/mol. The Morgan fingerprint density at radius 2 is 1.40 bits per heavy atom. The molecule has 1 amide bonds. The number of carbonyl (C=O) groups excluding carboxylic acids is 1. The molecule has 2 aliphatic heterocycles. The second kappa shape index (κ2) is 13.8. The van der Waals surface area contributed by atoms with Gasteiger partial charge < -0.3 is 19.6 Å². The minimum atomic E-state index is -4.38. The lowest BCUT2D eigenvalue weighted by Crippen LogP contribution is -2.60. The van der Waals surface area contributed by atoms with Gasteiger partial charge in [-0.25, -0.2) is 9.18 Å². The van der Waals surface area contributed by atoms with E-state index in [2.05, 4.69) is 4.40 Å². The van der Waals surface area contributed by atoms with Crippen molar-refractivity contribution in [2.45, 2.75) is 114 Å². The summed E-state index contributed by atoms with van der Waals surface area (Å²) in [7, 11) is -4.38. The van der Waals surface area contributed by atoms with Crippen LogP contribution in [0.25, 0.3) is 0 Å². The molecule has 0 aromatic heterocycles. The SMILES string of the molecule is CC(C)(C)OC(=O)N1CCC(N2C(=NS(=O)(=O)c3ccc([N+](=O)[O-])cc3)C(c3ccc(F)cc3)C2c2cc(C(C)(C)C)c(O)c(C(C)(C)C)c2)CC1. The fourth-order valence-electron chi connectivity index (χ4n) is 6.94. The van der Waals surface area contributed by atoms with E-state index >= 15 is 0 Å². The Hall–Kier alpha value is -4.52. The number of hydrogen-bond acceptors (Lipinski definition) is 7. The number of ether oxygens (including phenoxy) is 1. The van der Waals surface area contributed by atoms with Crippen LogP contribution in [-0.4, -0.2) is 64.9 Å². The van der Waals surface area contributed by atoms with Crippen LogP contribution in [0, 0.1) is 15.9 Å². The van der Waals surface area contributed by atoms with Gasteiger partial charge in [0.15, 0.2) is 0 Å². The Labute approximate surface area is 305 Å². The molecule has 2 unspecified atom stereocenters. The summed E-state index contributed by atoms with van der Waals surface area (Å²) in [5.74, 6) is -0.637. The molecule has 2 fully saturated rings. The molecule has 0 aliphatic carbocycles. The summed E-state index contributed by atoms with van der Waals surface area (Å²) in [6.07, 6.45) is 0.547. The van der Waals surface area contributed by atoms with E-state index < -0.39 is 55.2 Å². The highest BCUT2D eigenvalue weighted by Gasteiger charge is 2.52. The van der Waals surface area contributed by atoms with Gasteiger partial charge >= 0.3 is 6.09 Å². The first-order valence-electron chi connectivity index (χ1n) is 17.5. The van der Waals surface area contributed by atoms with Gasteiger partial charge in [0.1, 0.15) is 23.0 Å². The molecule has 0 bridgehead atoms. The van der Waals surface area contributed by atoms with Gasteiger partial charge in [-0.1, -0.05) is 53.7 Å². The number of sulfonamides is 1. The van der Waals surface area contributed by atoms with E-state index in [1.165, 1.54) is 12.1 Å². The summed E-state index contributed by atoms with van der Waals surface area (Å²) in [6, 6.07) is 13.7. The van der Waals surface area contributed by atoms with Crippen LogP contribution in [0.4, 0.5) is 14.9 Å². The van der Waals surface area contributed by atoms with Gasteiger partial charge in [-0.05, 0) is 103 Å². The number of amidine groups is 1. The Morgan fingerprint density at radius 3 is 1.87 bits per heavy atom. The number of phenols is 1. The van der Waals surface area contributed by atoms with Crippen molar-refractivity contribution >= 4 is 27.6 Å². The summed E-state index contributed by atoms with van der Waals surface area (Å²) in [5, 5.41) is 22.9. The van der Waals surface area contributed by atoms with Crippen molar-refractivity contribution in [1.82, 2.24) is 9.80 Å². The van der Waals surface area contributed by atoms with Gasteiger partial charge in [-0.15, -0.1) is 4.40 Å². The predicted molar refractivity (Wildman–Crippen MR) is 198 cm³/mol. The zero-order valence-corrected chi connectivity index (χ0v) is 32.1. The predicted octanol–water partition coefficient (Wildman–Crippen LogP) is 8.36. The van der Waals surface area contributed by atoms with E-state index in [4.69, 9.17) is 4.74 Å². The van der Waals surface area contributed by atoms with Crippen molar-refractivity contribution in [2.24, 2.45) is 4.40 Å². The number of nitro benzene ring substituents is 1. The zero-order chi connectivity index (χ0) is 38.6. The molecule has 0 radical (unpaired) electrons. The third-order valence-corrected chi connectivity index (χ3v) is 10.8. The number of hydrogen-bond donors (Lipinski definition) is 1. The summed E-state index contributed by atoms with van der Waals surface area (Å²) < 4.78 is 52.3. The molecule has 280 valence electrons. The van der Waals surface area contributed by atoms with Crippen molar-refractivity contribution in [3.8, 4) is 5.75 Å². The number of rotatable bonds is 6. The minimum Gasteiger partial charge on any atom is -0.507 e. The number of nitro groups is 1. The van der Waals surface area contributed by atoms with Gasteiger partial charge in [0, 0.05) is 31.3 Å². The Bertz CT molecular complexity index is 1930. The van der Waals surface area contributed by atoms with Gasteiger partial charge in [-0.3, -0.25) is 10.1 Å². The van der Waals surface area contributed by atoms with E-state index in [1.54, 1.807) is 37.8 Å². The highest BCUT2D eigenvalue weighted by atomic mass is 32.2. The molecule has 2 atom stereocenters. The third-order valence-electron chi connectivity index (χ3n) is 9.55. The lowest BCUT2D eigenvalue weighted by atomic mass is 9.72. The number of piperidine rings is 1. The first-order chi connectivity index (χ1) is 24.0. The van der Waals surface area contributed by atoms with Crippen LogP contribution in [0.1, 0.15) is 109 Å². The topological polar surface area (TPSA) is 143 Å². The van der Waals surface area contributed by atoms with Crippen molar-refractivity contribution in [1.29, 1.82) is 0 Å². The van der Waals surface area contributed by atoms with Crippen LogP contribution in [0.5, 0.6) is 5.75 Å². The number of benzene rings is 3. The first-order valence-corrected chi connectivity index (χ1v) is 18.9. The maximum Gasteiger partial charge on any atom is 0.410 e. The smallest absolute Gasteiger partial charge is 0.410 e. The number of nitrogens with zero attached hydrogens (tertiary/aromatic N) is 4. The van der Waals surface area contributed by atoms with E-state index in [1.807, 2.05) is 58.6 Å². The van der Waals surface area contributed by atoms with Crippen LogP contribution in [0.2, 0.25) is 0 Å². The molecule has 52 heavy (non-hydrogen) atoms. The molecule has 3 aromatic carbocycles. The third kappa shape index (κ3) is 8.09. The maximum atomic E-state index is 14.3. The number of halogens is 1. The fraction of sp³-hybridized carbons (Fsp3) is 0.487. The van der Waals surface area contributed by atoms with E-state index in [-0.39, 0.29) is 28.2 Å². The van der Waals surface area contributed by atoms with Gasteiger partial charge in [0.05, 0.1) is 21.8 Å². The van der Waals surface area contributed by atoms with Crippen molar-refractivity contribution < 1.29 is 32.4 Å². The maximum absolute atomic E-state index is 14.3. The fourth-order valence-corrected chi connectivity index (χ4v) is 7.97. The highest BCUT2D eigenvalue weighted by molar-refractivity contribution is 7.90. The Balaban J connectivity index is 1.69. The molecule has 0 spiro atoms. The van der Waals surface area contributed by atoms with Crippen molar-refractivity contribution in [3.05, 3.63) is 98.8 Å². The van der Waals surface area contributed by atoms with Crippen LogP contribution in [-0.2, 0) is 25.6 Å². The summed E-state index contributed by atoms with van der Waals surface area (Å²) in [6.45, 7) is 18.3. The van der Waals surface area contributed by atoms with Crippen LogP contribution in [0.3, 0.4) is 0 Å². The largest absolute Gasteiger partial charge is 0.507 e. The normalized spacial score (nSPS) is 19.8. The number of likely N-dealkylation sites (tertiary alicyclic amines) is 2. The number of non-ortho nitro benzene ring substituents is 1. The quantitative estimate of drug-likeness (QED) is 0.197. The lowest BCUT2D eigenvalue weighted by molar-refractivity contribution is -0.384. The zero-order valence-electron chi connectivity index (χ0n) is 31.3. The van der Waals surface area contributed by atoms with Crippen molar-refractivity contribution in [3.63, 3.8) is 0 Å². The van der Waals surface area contributed by atoms with Crippen LogP contribution in [0.15, 0.2) is 70.0 Å². The Kier molecular flexibility index (Phi) is 10.3. The van der Waals surface area contributed by atoms with E-state index in [9.17, 15) is 32.8 Å². The highest BCUT2D eigenvalue weighted by Crippen LogP contribution is 2.53. The van der Waals surface area contributed by atoms with E-state index in [0.717, 1.165) is 41.0 Å². The van der Waals surface area contributed by atoms with Crippen molar-refractivity contribution in [2.75, 3.05) is 13.1 Å². The van der Waals surface area contributed by atoms with Gasteiger partial charge in [0.25, 0.3) is 15.7 Å². The van der Waals surface area contributed by atoms with Crippen LogP contribution < -0.4 is 0 Å². The lowest BCUT2D eigenvalue weighted by Gasteiger charge is -2.56. The molecule has 2 aliphatic rings. The molecule has 3 aromatic rings. The minimum absolute atomic E-state index is 0.202. The number of aromatic hydroxyl groups is 1. The Morgan fingerprint density at radius 1 is 0.885 bits per heavy atom. The molecule has 0 saturated carbocycles. The average Bonchev–Trinajstić information content (AvgIpc) is 3.02. The van der Waals surface area contributed by atoms with E-state index in [0.29, 0.717) is 31.5 Å². The van der Waals surface area contributed by atoms with Gasteiger partial charge in [0.2, 0.25) is 0 Å². The molecule has 1 N–H and O–H groups in total. The monoisotopic (exact) mass is 736 g/mol. The second-order valence-electron chi connectivity index (χ2n) is 16.7. The molecule has 13 heteroatoms. The molecule has 5 rings (SSSR count).